The zero-order valence-corrected chi connectivity index (χ0v) is 10.3. The fraction of sp³-hybridized carbons (Fsp3) is 0.333. The number of hydrogen-bond donors (Lipinski definition) is 2. The maximum absolute atomic E-state index is 10.7. The van der Waals surface area contributed by atoms with E-state index in [1.807, 2.05) is 12.2 Å². The number of hydrogen-bond acceptors (Lipinski definition) is 7. The van der Waals surface area contributed by atoms with Gasteiger partial charge in [-0.3, -0.25) is 9.79 Å². The number of nitrogens with two attached hydrogens (primary N) is 1. The van der Waals surface area contributed by atoms with Crippen molar-refractivity contribution in [1.82, 2.24) is 14.1 Å². The first-order chi connectivity index (χ1) is 8.24. The number of aromatic nitrogens is 2. The van der Waals surface area contributed by atoms with Gasteiger partial charge in [0.25, 0.3) is 0 Å². The van der Waals surface area contributed by atoms with E-state index in [9.17, 15) is 4.79 Å². The molecule has 8 heteroatoms. The molecule has 1 aliphatic carbocycles. The van der Waals surface area contributed by atoms with E-state index in [1.54, 1.807) is 0 Å². The van der Waals surface area contributed by atoms with Crippen LogP contribution in [0.4, 0.5) is 0 Å². The predicted molar refractivity (Wildman–Crippen MR) is 67.7 cm³/mol. The highest BCUT2D eigenvalue weighted by molar-refractivity contribution is 8.14. The summed E-state index contributed by atoms with van der Waals surface area (Å²) >= 11 is 2.52. The molecule has 0 aromatic carbocycles. The summed E-state index contributed by atoms with van der Waals surface area (Å²) in [5, 5.41) is 3.97. The Kier molecular flexibility index (Phi) is 2.60. The van der Waals surface area contributed by atoms with Crippen molar-refractivity contribution < 1.29 is 4.79 Å². The summed E-state index contributed by atoms with van der Waals surface area (Å²) < 4.78 is 8.44. The van der Waals surface area contributed by atoms with E-state index in [1.165, 1.54) is 23.5 Å². The number of amides is 1. The van der Waals surface area contributed by atoms with Crippen LogP contribution >= 0.6 is 23.5 Å². The van der Waals surface area contributed by atoms with Crippen LogP contribution < -0.4 is 11.1 Å². The summed E-state index contributed by atoms with van der Waals surface area (Å²) in [6, 6.07) is 0.0888. The van der Waals surface area contributed by atoms with Crippen LogP contribution in [0.2, 0.25) is 0 Å². The topological polar surface area (TPSA) is 93.3 Å². The van der Waals surface area contributed by atoms with Gasteiger partial charge in [-0.2, -0.15) is 8.75 Å². The van der Waals surface area contributed by atoms with Crippen molar-refractivity contribution >= 4 is 40.6 Å². The number of nitrogens with zero attached hydrogens (tertiary/aromatic N) is 3. The quantitative estimate of drug-likeness (QED) is 0.795. The van der Waals surface area contributed by atoms with Crippen molar-refractivity contribution in [2.45, 2.75) is 12.1 Å². The summed E-state index contributed by atoms with van der Waals surface area (Å²) in [4.78, 5) is 15.2. The van der Waals surface area contributed by atoms with E-state index in [0.717, 1.165) is 16.6 Å². The summed E-state index contributed by atoms with van der Waals surface area (Å²) in [5.41, 5.74) is 6.90. The molecule has 0 saturated heterocycles. The van der Waals surface area contributed by atoms with Crippen LogP contribution in [0.5, 0.6) is 0 Å². The number of primary amides is 1. The van der Waals surface area contributed by atoms with Crippen LogP contribution in [-0.4, -0.2) is 31.6 Å². The van der Waals surface area contributed by atoms with E-state index >= 15 is 0 Å². The van der Waals surface area contributed by atoms with Gasteiger partial charge in [-0.15, -0.1) is 0 Å². The Labute approximate surface area is 106 Å². The molecule has 1 amide bonds. The van der Waals surface area contributed by atoms with Gasteiger partial charge in [0, 0.05) is 0 Å². The second kappa shape index (κ2) is 4.11. The van der Waals surface area contributed by atoms with Crippen LogP contribution in [0.25, 0.3) is 6.08 Å². The summed E-state index contributed by atoms with van der Waals surface area (Å²) in [5.74, 6) is -0.113. The molecule has 3 N–H and O–H groups in total. The molecule has 0 fully saturated rings. The molecule has 3 rings (SSSR count). The van der Waals surface area contributed by atoms with Crippen molar-refractivity contribution in [2.24, 2.45) is 10.7 Å². The number of rotatable bonds is 2. The lowest BCUT2D eigenvalue weighted by atomic mass is 9.99. The molecule has 0 bridgehead atoms. The Hall–Kier alpha value is -1.41. The SMILES string of the molecule is NC(=O)CSC1=N[C@@H]2c3nsnc3C=C[C@@H]2N1. The van der Waals surface area contributed by atoms with Gasteiger partial charge in [-0.1, -0.05) is 17.8 Å². The average Bonchev–Trinajstić information content (AvgIpc) is 2.91. The first-order valence-corrected chi connectivity index (χ1v) is 6.72. The monoisotopic (exact) mass is 267 g/mol. The van der Waals surface area contributed by atoms with Gasteiger partial charge in [-0.25, -0.2) is 0 Å². The van der Waals surface area contributed by atoms with Crippen LogP contribution in [0.15, 0.2) is 11.1 Å². The average molecular weight is 267 g/mol. The third kappa shape index (κ3) is 1.93. The zero-order chi connectivity index (χ0) is 11.8. The van der Waals surface area contributed by atoms with Crippen molar-refractivity contribution in [3.63, 3.8) is 0 Å². The number of aliphatic imine (C=N–C) groups is 1. The third-order valence-electron chi connectivity index (χ3n) is 2.52. The lowest BCUT2D eigenvalue weighted by Crippen LogP contribution is -2.30. The van der Waals surface area contributed by atoms with E-state index in [4.69, 9.17) is 5.73 Å². The summed E-state index contributed by atoms with van der Waals surface area (Å²) in [6.07, 6.45) is 3.97. The largest absolute Gasteiger partial charge is 0.369 e. The maximum Gasteiger partial charge on any atom is 0.227 e. The minimum absolute atomic E-state index is 0.0240. The Morgan fingerprint density at radius 2 is 2.47 bits per heavy atom. The molecule has 1 aliphatic heterocycles. The van der Waals surface area contributed by atoms with Crippen molar-refractivity contribution in [3.05, 3.63) is 17.5 Å². The first-order valence-electron chi connectivity index (χ1n) is 5.00. The lowest BCUT2D eigenvalue weighted by Gasteiger charge is -2.16. The Bertz CT molecular complexity index is 523. The van der Waals surface area contributed by atoms with Crippen LogP contribution in [0.1, 0.15) is 17.4 Å². The Balaban J connectivity index is 1.80. The second-order valence-corrected chi connectivity index (χ2v) is 5.19. The first kappa shape index (κ1) is 10.7. The number of thioether (sulfide) groups is 1. The molecule has 0 spiro atoms. The molecule has 88 valence electrons. The molecule has 0 radical (unpaired) electrons. The number of carbonyl (C=O) groups is 1. The second-order valence-electron chi connectivity index (χ2n) is 3.70. The van der Waals surface area contributed by atoms with Gasteiger partial charge >= 0.3 is 0 Å². The van der Waals surface area contributed by atoms with Crippen molar-refractivity contribution in [2.75, 3.05) is 5.75 Å². The number of nitrogens with one attached hydrogen (secondary N) is 1. The highest BCUT2D eigenvalue weighted by Crippen LogP contribution is 2.33. The summed E-state index contributed by atoms with van der Waals surface area (Å²) in [6.45, 7) is 0. The molecule has 2 atom stereocenters. The van der Waals surface area contributed by atoms with Gasteiger partial charge in [0.05, 0.1) is 23.5 Å². The lowest BCUT2D eigenvalue weighted by molar-refractivity contribution is -0.115. The smallest absolute Gasteiger partial charge is 0.227 e. The van der Waals surface area contributed by atoms with E-state index in [0.29, 0.717) is 0 Å². The highest BCUT2D eigenvalue weighted by Gasteiger charge is 2.34. The van der Waals surface area contributed by atoms with Crippen LogP contribution in [0, 0.1) is 0 Å². The molecule has 1 aromatic heterocycles. The van der Waals surface area contributed by atoms with Crippen molar-refractivity contribution in [3.8, 4) is 0 Å². The molecule has 0 saturated carbocycles. The van der Waals surface area contributed by atoms with Crippen molar-refractivity contribution in [1.29, 1.82) is 0 Å². The molecular formula is C9H9N5OS2. The minimum Gasteiger partial charge on any atom is -0.369 e. The van der Waals surface area contributed by atoms with E-state index in [2.05, 4.69) is 19.1 Å². The molecular weight excluding hydrogens is 258 g/mol. The number of fused-ring (bicyclic) bond motifs is 3. The summed E-state index contributed by atoms with van der Waals surface area (Å²) in [7, 11) is 0. The maximum atomic E-state index is 10.7. The van der Waals surface area contributed by atoms with E-state index < -0.39 is 0 Å². The Morgan fingerprint density at radius 3 is 3.29 bits per heavy atom. The van der Waals surface area contributed by atoms with Gasteiger partial charge < -0.3 is 11.1 Å². The molecule has 1 aromatic rings. The van der Waals surface area contributed by atoms with Gasteiger partial charge in [-0.05, 0) is 6.08 Å². The number of amidine groups is 1. The van der Waals surface area contributed by atoms with Crippen LogP contribution in [-0.2, 0) is 4.79 Å². The molecule has 0 unspecified atom stereocenters. The number of carbonyl (C=O) groups excluding carboxylic acids is 1. The normalized spacial score (nSPS) is 24.8. The minimum atomic E-state index is -0.346. The van der Waals surface area contributed by atoms with Gasteiger partial charge in [0.1, 0.15) is 17.4 Å². The molecule has 17 heavy (non-hydrogen) atoms. The van der Waals surface area contributed by atoms with Gasteiger partial charge in [0.15, 0.2) is 5.17 Å². The highest BCUT2D eigenvalue weighted by atomic mass is 32.2. The molecule has 2 aliphatic rings. The standard InChI is InChI=1S/C9H9N5OS2/c10-6(15)3-16-9-11-4-1-2-5-8(7(4)12-9)14-17-13-5/h1-2,4,7H,3H2,(H2,10,15)(H,11,12)/t4-,7-/m0/s1. The zero-order valence-electron chi connectivity index (χ0n) is 8.66. The molecule has 2 heterocycles. The Morgan fingerprint density at radius 1 is 1.59 bits per heavy atom. The predicted octanol–water partition coefficient (Wildman–Crippen LogP) is 0.152. The van der Waals surface area contributed by atoms with Gasteiger partial charge in [0.2, 0.25) is 5.91 Å². The molecule has 6 nitrogen and oxygen atoms in total. The van der Waals surface area contributed by atoms with E-state index in [-0.39, 0.29) is 23.7 Å². The third-order valence-corrected chi connectivity index (χ3v) is 4.00. The van der Waals surface area contributed by atoms with Crippen LogP contribution in [0.3, 0.4) is 0 Å². The fourth-order valence-electron chi connectivity index (χ4n) is 1.79. The fourth-order valence-corrected chi connectivity index (χ4v) is 3.05.